The van der Waals surface area contributed by atoms with Gasteiger partial charge in [0.05, 0.1) is 5.41 Å². The summed E-state index contributed by atoms with van der Waals surface area (Å²) in [5, 5.41) is 2.54. The van der Waals surface area contributed by atoms with Crippen LogP contribution in [0.15, 0.2) is 103 Å². The van der Waals surface area contributed by atoms with Gasteiger partial charge in [0.15, 0.2) is 0 Å². The third-order valence-electron chi connectivity index (χ3n) is 6.21. The number of hydrogen-bond acceptors (Lipinski definition) is 0. The van der Waals surface area contributed by atoms with Crippen LogP contribution in [-0.4, -0.2) is 0 Å². The summed E-state index contributed by atoms with van der Waals surface area (Å²) in [4.78, 5) is 0. The minimum atomic E-state index is -0.343. The van der Waals surface area contributed by atoms with Gasteiger partial charge in [0.2, 0.25) is 0 Å². The van der Waals surface area contributed by atoms with Gasteiger partial charge in [-0.3, -0.25) is 0 Å². The van der Waals surface area contributed by atoms with E-state index in [9.17, 15) is 0 Å². The fourth-order valence-corrected chi connectivity index (χ4v) is 4.86. The Bertz CT molecular complexity index is 1330. The van der Waals surface area contributed by atoms with Crippen LogP contribution in [0.5, 0.6) is 0 Å². The Balaban J connectivity index is 1.70. The predicted octanol–water partition coefficient (Wildman–Crippen LogP) is 4.98. The second-order valence-electron chi connectivity index (χ2n) is 7.75. The lowest BCUT2D eigenvalue weighted by molar-refractivity contribution is 0.765. The van der Waals surface area contributed by atoms with Crippen molar-refractivity contribution < 1.29 is 0 Å². The minimum absolute atomic E-state index is 0.343. The van der Waals surface area contributed by atoms with Gasteiger partial charge < -0.3 is 0 Å². The molecule has 4 aromatic rings. The molecule has 0 fully saturated rings. The summed E-state index contributed by atoms with van der Waals surface area (Å²) in [6.07, 6.45) is 10.2. The number of hydrogen-bond donors (Lipinski definition) is 0. The van der Waals surface area contributed by atoms with Gasteiger partial charge in [-0.1, -0.05) is 91.0 Å². The number of allylic oxidation sites excluding steroid dienone is 2. The van der Waals surface area contributed by atoms with Gasteiger partial charge in [-0.15, -0.1) is 0 Å². The second kappa shape index (κ2) is 6.18. The smallest absolute Gasteiger partial charge is 0.0622 e. The van der Waals surface area contributed by atoms with E-state index in [-0.39, 0.29) is 5.41 Å². The monoisotopic (exact) mass is 367 g/mol. The maximum absolute atomic E-state index is 3.48. The standard InChI is InChI=1S/C29H19/c1-3-12-24(13-4-1)29(25-14-5-2-6-15-25)17-9-11-22-19-27-23(20-28(22)29)18-21-10-7-8-16-26(21)27/h1-8,10-20H. The molecule has 0 nitrogen and oxygen atoms in total. The maximum Gasteiger partial charge on any atom is 0.0647 e. The van der Waals surface area contributed by atoms with Gasteiger partial charge in [0.25, 0.3) is 0 Å². The lowest BCUT2D eigenvalue weighted by Gasteiger charge is -2.35. The van der Waals surface area contributed by atoms with E-state index < -0.39 is 0 Å². The molecule has 0 saturated carbocycles. The molecule has 0 N–H and O–H groups in total. The Morgan fingerprint density at radius 1 is 0.586 bits per heavy atom. The topological polar surface area (TPSA) is 0 Å². The van der Waals surface area contributed by atoms with Crippen LogP contribution in [0.4, 0.5) is 0 Å². The molecular formula is C29H19. The molecule has 2 aliphatic rings. The highest BCUT2D eigenvalue weighted by molar-refractivity contribution is 5.83. The second-order valence-corrected chi connectivity index (χ2v) is 7.75. The summed E-state index contributed by atoms with van der Waals surface area (Å²) in [5.74, 6) is 0. The quantitative estimate of drug-likeness (QED) is 0.413. The first-order valence-corrected chi connectivity index (χ1v) is 10.0. The van der Waals surface area contributed by atoms with Gasteiger partial charge >= 0.3 is 0 Å². The van der Waals surface area contributed by atoms with Crippen molar-refractivity contribution in [2.45, 2.75) is 5.41 Å². The molecule has 4 aromatic carbocycles. The largest absolute Gasteiger partial charge is 0.0647 e. The highest BCUT2D eigenvalue weighted by Gasteiger charge is 2.36. The van der Waals surface area contributed by atoms with E-state index in [0.717, 1.165) is 0 Å². The first kappa shape index (κ1) is 16.3. The maximum atomic E-state index is 3.48. The molecule has 0 aliphatic heterocycles. The van der Waals surface area contributed by atoms with Crippen LogP contribution in [0.2, 0.25) is 0 Å². The zero-order chi connectivity index (χ0) is 19.3. The number of fused-ring (bicyclic) bond motifs is 4. The summed E-state index contributed by atoms with van der Waals surface area (Å²) >= 11 is 0. The summed E-state index contributed by atoms with van der Waals surface area (Å²) in [6, 6.07) is 35.0. The molecule has 135 valence electrons. The van der Waals surface area contributed by atoms with Crippen LogP contribution >= 0.6 is 0 Å². The van der Waals surface area contributed by atoms with Crippen LogP contribution in [0.1, 0.15) is 22.3 Å². The van der Waals surface area contributed by atoms with Crippen molar-refractivity contribution in [1.29, 1.82) is 0 Å². The first-order valence-electron chi connectivity index (χ1n) is 10.0. The van der Waals surface area contributed by atoms with Crippen LogP contribution in [0, 0.1) is 6.08 Å². The summed E-state index contributed by atoms with van der Waals surface area (Å²) in [5.41, 5.74) is 7.44. The van der Waals surface area contributed by atoms with Crippen molar-refractivity contribution in [3.8, 4) is 11.1 Å². The third kappa shape index (κ3) is 2.33. The van der Waals surface area contributed by atoms with Crippen LogP contribution in [-0.2, 0) is 5.41 Å². The molecule has 0 saturated heterocycles. The average Bonchev–Trinajstić information content (AvgIpc) is 3.16. The average molecular weight is 367 g/mol. The molecular weight excluding hydrogens is 348 g/mol. The van der Waals surface area contributed by atoms with Crippen LogP contribution in [0.3, 0.4) is 0 Å². The SMILES string of the molecule is [C]1=CC(c2ccccc2)(c2ccccc2)c2cc3c(cc2=C1)-c1ccccc1C=3. The Morgan fingerprint density at radius 3 is 1.97 bits per heavy atom. The fraction of sp³-hybridized carbons (Fsp3) is 0.0345. The first-order chi connectivity index (χ1) is 14.4. The summed E-state index contributed by atoms with van der Waals surface area (Å²) in [7, 11) is 0. The zero-order valence-corrected chi connectivity index (χ0v) is 16.0. The van der Waals surface area contributed by atoms with Crippen molar-refractivity contribution in [3.63, 3.8) is 0 Å². The van der Waals surface area contributed by atoms with E-state index >= 15 is 0 Å². The molecule has 2 aliphatic carbocycles. The molecule has 0 heterocycles. The highest BCUT2D eigenvalue weighted by atomic mass is 14.4. The Labute approximate surface area is 170 Å². The molecule has 1 radical (unpaired) electrons. The Kier molecular flexibility index (Phi) is 3.48. The van der Waals surface area contributed by atoms with Gasteiger partial charge in [-0.2, -0.15) is 0 Å². The van der Waals surface area contributed by atoms with Gasteiger partial charge in [-0.05, 0) is 74.2 Å². The molecule has 0 atom stereocenters. The van der Waals surface area contributed by atoms with Crippen molar-refractivity contribution in [1.82, 2.24) is 0 Å². The molecule has 0 amide bonds. The zero-order valence-electron chi connectivity index (χ0n) is 16.0. The summed E-state index contributed by atoms with van der Waals surface area (Å²) < 4.78 is 0. The van der Waals surface area contributed by atoms with Gasteiger partial charge in [0, 0.05) is 0 Å². The van der Waals surface area contributed by atoms with Crippen LogP contribution in [0.25, 0.3) is 23.3 Å². The molecule has 0 aromatic heterocycles. The summed E-state index contributed by atoms with van der Waals surface area (Å²) in [6.45, 7) is 0. The van der Waals surface area contributed by atoms with E-state index in [4.69, 9.17) is 0 Å². The lowest BCUT2D eigenvalue weighted by Crippen LogP contribution is -2.36. The third-order valence-corrected chi connectivity index (χ3v) is 6.21. The van der Waals surface area contributed by atoms with Gasteiger partial charge in [-0.25, -0.2) is 0 Å². The van der Waals surface area contributed by atoms with Crippen molar-refractivity contribution >= 4 is 12.2 Å². The fourth-order valence-electron chi connectivity index (χ4n) is 4.86. The molecule has 0 spiro atoms. The van der Waals surface area contributed by atoms with Crippen LogP contribution < -0.4 is 10.4 Å². The van der Waals surface area contributed by atoms with E-state index in [1.165, 1.54) is 43.8 Å². The Hall–Kier alpha value is -3.64. The highest BCUT2D eigenvalue weighted by Crippen LogP contribution is 2.40. The Morgan fingerprint density at radius 2 is 1.24 bits per heavy atom. The normalized spacial score (nSPS) is 14.9. The van der Waals surface area contributed by atoms with Crippen molar-refractivity contribution in [2.75, 3.05) is 0 Å². The molecule has 0 bridgehead atoms. The van der Waals surface area contributed by atoms with Gasteiger partial charge in [0.1, 0.15) is 0 Å². The molecule has 0 heteroatoms. The lowest BCUT2D eigenvalue weighted by atomic mass is 9.67. The predicted molar refractivity (Wildman–Crippen MR) is 120 cm³/mol. The van der Waals surface area contributed by atoms with E-state index in [1.54, 1.807) is 0 Å². The number of benzene rings is 4. The molecule has 6 rings (SSSR count). The van der Waals surface area contributed by atoms with E-state index in [0.29, 0.717) is 0 Å². The van der Waals surface area contributed by atoms with Crippen molar-refractivity contribution in [2.24, 2.45) is 0 Å². The van der Waals surface area contributed by atoms with E-state index in [2.05, 4.69) is 121 Å². The minimum Gasteiger partial charge on any atom is -0.0622 e. The van der Waals surface area contributed by atoms with Crippen molar-refractivity contribution in [3.05, 3.63) is 142 Å². The number of rotatable bonds is 2. The van der Waals surface area contributed by atoms with E-state index in [1.807, 2.05) is 0 Å². The molecule has 29 heavy (non-hydrogen) atoms. The molecule has 0 unspecified atom stereocenters.